The van der Waals surface area contributed by atoms with E-state index in [1.165, 1.54) is 5.01 Å². The largest absolute Gasteiger partial charge is 0.399 e. The molecular weight excluding hydrogens is 128 g/mol. The summed E-state index contributed by atoms with van der Waals surface area (Å²) in [5.41, 5.74) is 11.7. The standard InChI is InChI=1S/C6H16N4/c1-3-4-5(7)6(8)10(2)9/h3-4,7-9H2,1-2H3/b6-5+. The van der Waals surface area contributed by atoms with Gasteiger partial charge < -0.3 is 11.5 Å². The van der Waals surface area contributed by atoms with Gasteiger partial charge in [0.1, 0.15) is 5.82 Å². The fraction of sp³-hybridized carbons (Fsp3) is 0.667. The van der Waals surface area contributed by atoms with E-state index in [0.717, 1.165) is 12.8 Å². The monoisotopic (exact) mass is 144 g/mol. The van der Waals surface area contributed by atoms with Crippen molar-refractivity contribution in [2.45, 2.75) is 19.8 Å². The van der Waals surface area contributed by atoms with Crippen LogP contribution in [0.5, 0.6) is 0 Å². The van der Waals surface area contributed by atoms with Gasteiger partial charge in [-0.05, 0) is 6.42 Å². The van der Waals surface area contributed by atoms with E-state index in [9.17, 15) is 0 Å². The van der Waals surface area contributed by atoms with Crippen LogP contribution in [0, 0.1) is 0 Å². The summed E-state index contributed by atoms with van der Waals surface area (Å²) in [4.78, 5) is 0. The van der Waals surface area contributed by atoms with Crippen molar-refractivity contribution in [3.8, 4) is 0 Å². The first-order valence-electron chi connectivity index (χ1n) is 3.32. The van der Waals surface area contributed by atoms with Crippen LogP contribution < -0.4 is 17.3 Å². The average molecular weight is 144 g/mol. The molecule has 0 bridgehead atoms. The summed E-state index contributed by atoms with van der Waals surface area (Å²) >= 11 is 0. The molecular formula is C6H16N4. The number of hydrogen-bond acceptors (Lipinski definition) is 4. The number of allylic oxidation sites excluding steroid dienone is 1. The van der Waals surface area contributed by atoms with E-state index in [0.29, 0.717) is 11.5 Å². The molecule has 0 fully saturated rings. The lowest BCUT2D eigenvalue weighted by Crippen LogP contribution is -2.32. The van der Waals surface area contributed by atoms with Crippen LogP contribution in [0.15, 0.2) is 11.5 Å². The number of rotatable bonds is 3. The van der Waals surface area contributed by atoms with Gasteiger partial charge in [-0.3, -0.25) is 5.01 Å². The molecule has 0 aromatic carbocycles. The van der Waals surface area contributed by atoms with Gasteiger partial charge in [0.15, 0.2) is 0 Å². The van der Waals surface area contributed by atoms with Gasteiger partial charge in [0, 0.05) is 7.05 Å². The smallest absolute Gasteiger partial charge is 0.132 e. The minimum absolute atomic E-state index is 0.460. The third-order valence-corrected chi connectivity index (χ3v) is 1.23. The summed E-state index contributed by atoms with van der Waals surface area (Å²) in [7, 11) is 1.66. The van der Waals surface area contributed by atoms with Crippen molar-refractivity contribution in [3.05, 3.63) is 11.5 Å². The molecule has 10 heavy (non-hydrogen) atoms. The Labute approximate surface area is 61.6 Å². The molecule has 0 saturated heterocycles. The van der Waals surface area contributed by atoms with Crippen molar-refractivity contribution in [1.82, 2.24) is 5.01 Å². The molecule has 4 nitrogen and oxygen atoms in total. The van der Waals surface area contributed by atoms with E-state index in [1.54, 1.807) is 7.05 Å². The van der Waals surface area contributed by atoms with Gasteiger partial charge in [-0.15, -0.1) is 0 Å². The molecule has 0 saturated carbocycles. The maximum absolute atomic E-state index is 5.56. The summed E-state index contributed by atoms with van der Waals surface area (Å²) < 4.78 is 0. The van der Waals surface area contributed by atoms with E-state index in [-0.39, 0.29) is 0 Å². The van der Waals surface area contributed by atoms with Crippen molar-refractivity contribution < 1.29 is 0 Å². The first kappa shape index (κ1) is 9.10. The normalized spacial score (nSPS) is 12.7. The van der Waals surface area contributed by atoms with Crippen molar-refractivity contribution in [3.63, 3.8) is 0 Å². The quantitative estimate of drug-likeness (QED) is 0.374. The van der Waals surface area contributed by atoms with Crippen LogP contribution in [-0.4, -0.2) is 12.1 Å². The highest BCUT2D eigenvalue weighted by molar-refractivity contribution is 5.04. The minimum atomic E-state index is 0.460. The van der Waals surface area contributed by atoms with Crippen LogP contribution in [0.3, 0.4) is 0 Å². The Morgan fingerprint density at radius 1 is 1.40 bits per heavy atom. The van der Waals surface area contributed by atoms with E-state index >= 15 is 0 Å². The molecule has 0 aliphatic carbocycles. The molecule has 0 heterocycles. The van der Waals surface area contributed by atoms with Crippen LogP contribution in [0.4, 0.5) is 0 Å². The van der Waals surface area contributed by atoms with Crippen molar-refractivity contribution in [2.75, 3.05) is 7.05 Å². The van der Waals surface area contributed by atoms with Crippen molar-refractivity contribution >= 4 is 0 Å². The van der Waals surface area contributed by atoms with Gasteiger partial charge in [-0.2, -0.15) is 0 Å². The molecule has 0 unspecified atom stereocenters. The molecule has 0 atom stereocenters. The number of hydrogen-bond donors (Lipinski definition) is 3. The number of nitrogens with zero attached hydrogens (tertiary/aromatic N) is 1. The Morgan fingerprint density at radius 2 is 1.90 bits per heavy atom. The van der Waals surface area contributed by atoms with Crippen LogP contribution in [-0.2, 0) is 0 Å². The van der Waals surface area contributed by atoms with Crippen molar-refractivity contribution in [1.29, 1.82) is 0 Å². The fourth-order valence-corrected chi connectivity index (χ4v) is 0.624. The van der Waals surface area contributed by atoms with Gasteiger partial charge in [0.05, 0.1) is 5.70 Å². The third kappa shape index (κ3) is 2.59. The van der Waals surface area contributed by atoms with Gasteiger partial charge >= 0.3 is 0 Å². The van der Waals surface area contributed by atoms with E-state index in [4.69, 9.17) is 17.3 Å². The third-order valence-electron chi connectivity index (χ3n) is 1.23. The molecule has 0 aromatic heterocycles. The maximum atomic E-state index is 5.56. The minimum Gasteiger partial charge on any atom is -0.399 e. The highest BCUT2D eigenvalue weighted by Crippen LogP contribution is 2.00. The predicted molar refractivity (Wildman–Crippen MR) is 42.3 cm³/mol. The Bertz CT molecular complexity index is 128. The second kappa shape index (κ2) is 4.00. The van der Waals surface area contributed by atoms with E-state index in [2.05, 4.69) is 0 Å². The zero-order chi connectivity index (χ0) is 8.15. The zero-order valence-electron chi connectivity index (χ0n) is 6.59. The lowest BCUT2D eigenvalue weighted by atomic mass is 10.2. The second-order valence-electron chi connectivity index (χ2n) is 2.27. The first-order chi connectivity index (χ1) is 4.59. The summed E-state index contributed by atoms with van der Waals surface area (Å²) in [6.07, 6.45) is 1.79. The molecule has 0 rings (SSSR count). The molecule has 0 amide bonds. The van der Waals surface area contributed by atoms with Crippen molar-refractivity contribution in [2.24, 2.45) is 17.3 Å². The van der Waals surface area contributed by atoms with Crippen LogP contribution >= 0.6 is 0 Å². The predicted octanol–water partition coefficient (Wildman–Crippen LogP) is -0.321. The summed E-state index contributed by atoms with van der Waals surface area (Å²) in [6.45, 7) is 2.04. The molecule has 4 heteroatoms. The molecule has 0 radical (unpaired) electrons. The highest BCUT2D eigenvalue weighted by atomic mass is 15.4. The molecule has 60 valence electrons. The van der Waals surface area contributed by atoms with Gasteiger partial charge in [0.25, 0.3) is 0 Å². The molecule has 0 aliphatic rings. The van der Waals surface area contributed by atoms with Gasteiger partial charge in [0.2, 0.25) is 0 Å². The topological polar surface area (TPSA) is 81.3 Å². The van der Waals surface area contributed by atoms with Gasteiger partial charge in [-0.25, -0.2) is 5.84 Å². The Balaban J connectivity index is 4.05. The summed E-state index contributed by atoms with van der Waals surface area (Å²) in [5.74, 6) is 5.80. The molecule has 0 aliphatic heterocycles. The van der Waals surface area contributed by atoms with Crippen LogP contribution in [0.1, 0.15) is 19.8 Å². The summed E-state index contributed by atoms with van der Waals surface area (Å²) in [6, 6.07) is 0. The average Bonchev–Trinajstić information content (AvgIpc) is 1.87. The molecule has 0 aromatic rings. The van der Waals surface area contributed by atoms with E-state index < -0.39 is 0 Å². The Hall–Kier alpha value is -0.900. The lowest BCUT2D eigenvalue weighted by molar-refractivity contribution is 0.426. The molecule has 0 spiro atoms. The zero-order valence-corrected chi connectivity index (χ0v) is 6.59. The first-order valence-corrected chi connectivity index (χ1v) is 3.32. The lowest BCUT2D eigenvalue weighted by Gasteiger charge is -2.14. The second-order valence-corrected chi connectivity index (χ2v) is 2.27. The Morgan fingerprint density at radius 3 is 2.20 bits per heavy atom. The SMILES string of the molecule is CCC/C(N)=C(/N)N(C)N. The van der Waals surface area contributed by atoms with Crippen LogP contribution in [0.25, 0.3) is 0 Å². The van der Waals surface area contributed by atoms with Crippen LogP contribution in [0.2, 0.25) is 0 Å². The van der Waals surface area contributed by atoms with Gasteiger partial charge in [-0.1, -0.05) is 13.3 Å². The molecule has 6 N–H and O–H groups in total. The Kier molecular flexibility index (Phi) is 3.64. The number of nitrogens with two attached hydrogens (primary N) is 3. The highest BCUT2D eigenvalue weighted by Gasteiger charge is 1.98. The fourth-order valence-electron chi connectivity index (χ4n) is 0.624. The summed E-state index contributed by atoms with van der Waals surface area (Å²) in [5, 5.41) is 1.32. The maximum Gasteiger partial charge on any atom is 0.132 e. The van der Waals surface area contributed by atoms with E-state index in [1.807, 2.05) is 6.92 Å². The number of hydrazine groups is 1.